The highest BCUT2D eigenvalue weighted by Gasteiger charge is 2.06. The van der Waals surface area contributed by atoms with Crippen molar-refractivity contribution in [1.82, 2.24) is 25.5 Å². The number of hydrogen-bond donors (Lipinski definition) is 3. The second-order valence-electron chi connectivity index (χ2n) is 2.64. The van der Waals surface area contributed by atoms with Gasteiger partial charge in [0.1, 0.15) is 0 Å². The largest absolute Gasteiger partial charge is 0.395 e. The van der Waals surface area contributed by atoms with Crippen LogP contribution in [0.1, 0.15) is 5.82 Å². The molecule has 74 valence electrons. The highest BCUT2D eigenvalue weighted by atomic mass is 16.3. The lowest BCUT2D eigenvalue weighted by molar-refractivity contribution is 0.169. The number of hydrogen-bond acceptors (Lipinski definition) is 6. The first-order valence-corrected chi connectivity index (χ1v) is 3.94. The maximum absolute atomic E-state index is 8.73. The quantitative estimate of drug-likeness (QED) is 0.478. The van der Waals surface area contributed by atoms with Crippen molar-refractivity contribution in [3.63, 3.8) is 0 Å². The van der Waals surface area contributed by atoms with E-state index in [9.17, 15) is 0 Å². The summed E-state index contributed by atoms with van der Waals surface area (Å²) < 4.78 is 0. The van der Waals surface area contributed by atoms with Crippen molar-refractivity contribution in [1.29, 1.82) is 0 Å². The molecule has 1 aromatic heterocycles. The van der Waals surface area contributed by atoms with Crippen molar-refractivity contribution in [2.45, 2.75) is 12.6 Å². The summed E-state index contributed by atoms with van der Waals surface area (Å²) >= 11 is 0. The van der Waals surface area contributed by atoms with Crippen molar-refractivity contribution in [2.24, 2.45) is 7.05 Å². The summed E-state index contributed by atoms with van der Waals surface area (Å²) in [5.74, 6) is 0.536. The zero-order valence-electron chi connectivity index (χ0n) is 7.38. The van der Waals surface area contributed by atoms with Gasteiger partial charge in [-0.3, -0.25) is 0 Å². The molecule has 0 amide bonds. The Hall–Kier alpha value is -1.05. The van der Waals surface area contributed by atoms with Crippen LogP contribution in [-0.2, 0) is 13.6 Å². The molecule has 3 N–H and O–H groups in total. The van der Waals surface area contributed by atoms with E-state index < -0.39 is 0 Å². The zero-order valence-corrected chi connectivity index (χ0v) is 7.38. The van der Waals surface area contributed by atoms with E-state index in [1.165, 1.54) is 4.80 Å². The predicted molar refractivity (Wildman–Crippen MR) is 43.6 cm³/mol. The van der Waals surface area contributed by atoms with Crippen LogP contribution in [0.15, 0.2) is 0 Å². The van der Waals surface area contributed by atoms with Crippen molar-refractivity contribution >= 4 is 0 Å². The molecule has 0 saturated heterocycles. The van der Waals surface area contributed by atoms with Crippen molar-refractivity contribution < 1.29 is 10.2 Å². The maximum atomic E-state index is 8.73. The Morgan fingerprint density at radius 2 is 2.15 bits per heavy atom. The van der Waals surface area contributed by atoms with Crippen LogP contribution >= 0.6 is 0 Å². The number of rotatable bonds is 5. The van der Waals surface area contributed by atoms with Crippen LogP contribution in [0.4, 0.5) is 0 Å². The summed E-state index contributed by atoms with van der Waals surface area (Å²) in [6.45, 7) is 0.160. The molecule has 0 unspecified atom stereocenters. The summed E-state index contributed by atoms with van der Waals surface area (Å²) in [6, 6.07) is -0.330. The number of tetrazole rings is 1. The number of aromatic nitrogens is 4. The van der Waals surface area contributed by atoms with Gasteiger partial charge in [-0.25, -0.2) is 0 Å². The summed E-state index contributed by atoms with van der Waals surface area (Å²) in [4.78, 5) is 1.35. The van der Waals surface area contributed by atoms with Gasteiger partial charge < -0.3 is 15.5 Å². The van der Waals surface area contributed by atoms with Crippen LogP contribution in [0.2, 0.25) is 0 Å². The first-order chi connectivity index (χ1) is 6.26. The van der Waals surface area contributed by atoms with E-state index in [4.69, 9.17) is 10.2 Å². The van der Waals surface area contributed by atoms with Crippen LogP contribution in [0.3, 0.4) is 0 Å². The Balaban J connectivity index is 2.33. The number of aliphatic hydroxyl groups is 2. The van der Waals surface area contributed by atoms with Gasteiger partial charge in [0.2, 0.25) is 0 Å². The molecular weight excluding hydrogens is 174 g/mol. The van der Waals surface area contributed by atoms with E-state index in [-0.39, 0.29) is 19.3 Å². The Morgan fingerprint density at radius 1 is 1.46 bits per heavy atom. The molecule has 0 radical (unpaired) electrons. The third kappa shape index (κ3) is 3.05. The monoisotopic (exact) mass is 187 g/mol. The Labute approximate surface area is 75.4 Å². The second kappa shape index (κ2) is 4.85. The second-order valence-corrected chi connectivity index (χ2v) is 2.64. The molecule has 7 heteroatoms. The molecule has 7 nitrogen and oxygen atoms in total. The van der Waals surface area contributed by atoms with Crippen LogP contribution < -0.4 is 5.32 Å². The van der Waals surface area contributed by atoms with E-state index in [1.54, 1.807) is 7.05 Å². The van der Waals surface area contributed by atoms with Crippen LogP contribution in [0.5, 0.6) is 0 Å². The van der Waals surface area contributed by atoms with Crippen molar-refractivity contribution in [3.05, 3.63) is 5.82 Å². The molecule has 0 aliphatic heterocycles. The normalized spacial score (nSPS) is 11.1. The Morgan fingerprint density at radius 3 is 2.62 bits per heavy atom. The fourth-order valence-electron chi connectivity index (χ4n) is 0.817. The fourth-order valence-corrected chi connectivity index (χ4v) is 0.817. The molecule has 0 atom stereocenters. The van der Waals surface area contributed by atoms with E-state index in [1.807, 2.05) is 0 Å². The lowest BCUT2D eigenvalue weighted by atomic mass is 10.3. The highest BCUT2D eigenvalue weighted by molar-refractivity contribution is 4.77. The molecule has 13 heavy (non-hydrogen) atoms. The van der Waals surface area contributed by atoms with E-state index in [0.29, 0.717) is 12.4 Å². The van der Waals surface area contributed by atoms with Crippen LogP contribution in [0.25, 0.3) is 0 Å². The fraction of sp³-hybridized carbons (Fsp3) is 0.833. The molecule has 1 aromatic rings. The molecule has 0 aromatic carbocycles. The standard InChI is InChI=1S/C6H13N5O2/c1-11-9-6(8-10-11)2-7-5(3-12)4-13/h5,7,12-13H,2-4H2,1H3. The minimum absolute atomic E-state index is 0.114. The van der Waals surface area contributed by atoms with Gasteiger partial charge >= 0.3 is 0 Å². The SMILES string of the molecule is Cn1nnc(CNC(CO)CO)n1. The topological polar surface area (TPSA) is 96.1 Å². The molecular formula is C6H13N5O2. The van der Waals surface area contributed by atoms with E-state index in [2.05, 4.69) is 20.7 Å². The summed E-state index contributed by atoms with van der Waals surface area (Å²) in [6.07, 6.45) is 0. The Kier molecular flexibility index (Phi) is 3.74. The molecule has 0 aliphatic carbocycles. The van der Waals surface area contributed by atoms with Gasteiger partial charge in [0, 0.05) is 0 Å². The van der Waals surface area contributed by atoms with Gasteiger partial charge in [-0.1, -0.05) is 0 Å². The van der Waals surface area contributed by atoms with Gasteiger partial charge in [0.15, 0.2) is 5.82 Å². The van der Waals surface area contributed by atoms with Gasteiger partial charge in [0.05, 0.1) is 32.8 Å². The van der Waals surface area contributed by atoms with Gasteiger partial charge in [-0.15, -0.1) is 10.2 Å². The first-order valence-electron chi connectivity index (χ1n) is 3.94. The predicted octanol–water partition coefficient (Wildman–Crippen LogP) is -2.35. The average molecular weight is 187 g/mol. The molecule has 0 aliphatic rings. The van der Waals surface area contributed by atoms with Crippen molar-refractivity contribution in [3.8, 4) is 0 Å². The molecule has 0 saturated carbocycles. The molecule has 1 heterocycles. The minimum Gasteiger partial charge on any atom is -0.395 e. The van der Waals surface area contributed by atoms with Crippen LogP contribution in [-0.4, -0.2) is 49.7 Å². The molecule has 0 bridgehead atoms. The summed E-state index contributed by atoms with van der Waals surface area (Å²) in [7, 11) is 1.67. The van der Waals surface area contributed by atoms with Crippen molar-refractivity contribution in [2.75, 3.05) is 13.2 Å². The van der Waals surface area contributed by atoms with E-state index in [0.717, 1.165) is 0 Å². The van der Waals surface area contributed by atoms with Gasteiger partial charge in [-0.2, -0.15) is 4.80 Å². The number of aryl methyl sites for hydroxylation is 1. The molecule has 1 rings (SSSR count). The number of nitrogens with one attached hydrogen (secondary N) is 1. The lowest BCUT2D eigenvalue weighted by Crippen LogP contribution is -2.35. The molecule has 0 spiro atoms. The maximum Gasteiger partial charge on any atom is 0.188 e. The zero-order chi connectivity index (χ0) is 9.68. The molecule has 0 fully saturated rings. The number of aliphatic hydroxyl groups excluding tert-OH is 2. The minimum atomic E-state index is -0.330. The van der Waals surface area contributed by atoms with Gasteiger partial charge in [0.25, 0.3) is 0 Å². The average Bonchev–Trinajstić information content (AvgIpc) is 2.53. The number of nitrogens with zero attached hydrogens (tertiary/aromatic N) is 4. The third-order valence-corrected chi connectivity index (χ3v) is 1.54. The summed E-state index contributed by atoms with van der Waals surface area (Å²) in [5, 5.41) is 31.6. The van der Waals surface area contributed by atoms with E-state index >= 15 is 0 Å². The smallest absolute Gasteiger partial charge is 0.188 e. The first kappa shape index (κ1) is 10.0. The van der Waals surface area contributed by atoms with Gasteiger partial charge in [-0.05, 0) is 5.21 Å². The highest BCUT2D eigenvalue weighted by Crippen LogP contribution is 1.86. The Bertz CT molecular complexity index is 247. The van der Waals surface area contributed by atoms with Crippen LogP contribution in [0, 0.1) is 0 Å². The summed E-state index contributed by atoms with van der Waals surface area (Å²) in [5.41, 5.74) is 0. The third-order valence-electron chi connectivity index (χ3n) is 1.54. The lowest BCUT2D eigenvalue weighted by Gasteiger charge is -2.10.